The number of hydrogen-bond donors (Lipinski definition) is 1. The van der Waals surface area contributed by atoms with Crippen LogP contribution in [0.3, 0.4) is 0 Å². The minimum atomic E-state index is -1.37. The predicted molar refractivity (Wildman–Crippen MR) is 57.9 cm³/mol. The number of carboxylic acid groups (broad SMARTS) is 1. The fraction of sp³-hybridized carbons (Fsp3) is 0.111. The van der Waals surface area contributed by atoms with E-state index in [1.807, 2.05) is 0 Å². The Balaban J connectivity index is 3.71. The molecule has 0 saturated carbocycles. The zero-order chi connectivity index (χ0) is 12.5. The van der Waals surface area contributed by atoms with E-state index in [0.717, 1.165) is 6.07 Å². The molecule has 0 aromatic heterocycles. The molecule has 0 bridgehead atoms. The summed E-state index contributed by atoms with van der Waals surface area (Å²) in [5.74, 6) is -1.37. The molecule has 7 heteroatoms. The molecule has 0 atom stereocenters. The van der Waals surface area contributed by atoms with Gasteiger partial charge < -0.3 is 5.11 Å². The van der Waals surface area contributed by atoms with E-state index >= 15 is 0 Å². The third-order valence-electron chi connectivity index (χ3n) is 2.05. The fourth-order valence-electron chi connectivity index (χ4n) is 1.39. The quantitative estimate of drug-likeness (QED) is 0.522. The largest absolute Gasteiger partial charge is 0.478 e. The summed E-state index contributed by atoms with van der Waals surface area (Å²) in [4.78, 5) is 31.6. The Kier molecular flexibility index (Phi) is 3.38. The molecule has 0 aliphatic carbocycles. The number of aldehydes is 1. The Morgan fingerprint density at radius 1 is 1.62 bits per heavy atom. The van der Waals surface area contributed by atoms with E-state index < -0.39 is 10.9 Å². The van der Waals surface area contributed by atoms with Crippen LogP contribution in [0.15, 0.2) is 10.5 Å². The lowest BCUT2D eigenvalue weighted by atomic mass is 10.0. The number of halogens is 1. The molecule has 0 unspecified atom stereocenters. The summed E-state index contributed by atoms with van der Waals surface area (Å²) < 4.78 is 0.0853. The summed E-state index contributed by atoms with van der Waals surface area (Å²) in [6.07, 6.45) is 0.352. The van der Waals surface area contributed by atoms with Crippen molar-refractivity contribution in [3.63, 3.8) is 0 Å². The van der Waals surface area contributed by atoms with Gasteiger partial charge in [0, 0.05) is 11.1 Å². The van der Waals surface area contributed by atoms with Crippen molar-refractivity contribution in [2.24, 2.45) is 0 Å². The van der Waals surface area contributed by atoms with Crippen molar-refractivity contribution < 1.29 is 19.6 Å². The first-order chi connectivity index (χ1) is 7.40. The summed E-state index contributed by atoms with van der Waals surface area (Å²) in [6.45, 7) is 1.29. The fourth-order valence-corrected chi connectivity index (χ4v) is 2.08. The highest BCUT2D eigenvalue weighted by Gasteiger charge is 2.25. The minimum Gasteiger partial charge on any atom is -0.478 e. The number of nitro groups is 1. The van der Waals surface area contributed by atoms with Gasteiger partial charge in [0.25, 0.3) is 5.69 Å². The monoisotopic (exact) mass is 287 g/mol. The van der Waals surface area contributed by atoms with Crippen LogP contribution in [-0.4, -0.2) is 22.3 Å². The van der Waals surface area contributed by atoms with Crippen LogP contribution in [0.25, 0.3) is 0 Å². The normalized spacial score (nSPS) is 9.88. The third-order valence-corrected chi connectivity index (χ3v) is 2.66. The first-order valence-corrected chi connectivity index (χ1v) is 4.85. The van der Waals surface area contributed by atoms with Gasteiger partial charge in [-0.25, -0.2) is 4.79 Å². The van der Waals surface area contributed by atoms with Crippen molar-refractivity contribution >= 4 is 33.9 Å². The molecular formula is C9H6BrNO5. The van der Waals surface area contributed by atoms with E-state index in [4.69, 9.17) is 5.11 Å². The molecular weight excluding hydrogens is 282 g/mol. The molecule has 0 heterocycles. The summed E-state index contributed by atoms with van der Waals surface area (Å²) >= 11 is 2.93. The topological polar surface area (TPSA) is 97.5 Å². The smallest absolute Gasteiger partial charge is 0.336 e. The lowest BCUT2D eigenvalue weighted by Crippen LogP contribution is -2.08. The van der Waals surface area contributed by atoms with Gasteiger partial charge in [0.05, 0.1) is 15.0 Å². The highest BCUT2D eigenvalue weighted by atomic mass is 79.9. The average molecular weight is 288 g/mol. The Morgan fingerprint density at radius 2 is 2.19 bits per heavy atom. The second-order valence-corrected chi connectivity index (χ2v) is 3.83. The van der Waals surface area contributed by atoms with E-state index in [1.165, 1.54) is 6.92 Å². The molecule has 0 radical (unpaired) electrons. The maximum absolute atomic E-state index is 10.9. The van der Waals surface area contributed by atoms with E-state index in [2.05, 4.69) is 15.9 Å². The number of hydrogen-bond acceptors (Lipinski definition) is 4. The van der Waals surface area contributed by atoms with Crippen molar-refractivity contribution in [3.05, 3.63) is 37.3 Å². The maximum atomic E-state index is 10.9. The van der Waals surface area contributed by atoms with Gasteiger partial charge in [0.2, 0.25) is 0 Å². The summed E-state index contributed by atoms with van der Waals surface area (Å²) in [5.41, 5.74) is -0.829. The van der Waals surface area contributed by atoms with Gasteiger partial charge in [0.1, 0.15) is 0 Å². The molecule has 0 saturated heterocycles. The van der Waals surface area contributed by atoms with Gasteiger partial charge in [-0.15, -0.1) is 0 Å². The predicted octanol–water partition coefficient (Wildman–Crippen LogP) is 2.18. The number of aromatic carboxylic acids is 1. The molecule has 1 aromatic rings. The van der Waals surface area contributed by atoms with Gasteiger partial charge >= 0.3 is 5.97 Å². The molecule has 1 rings (SSSR count). The highest BCUT2D eigenvalue weighted by Crippen LogP contribution is 2.32. The van der Waals surface area contributed by atoms with Crippen LogP contribution in [0.5, 0.6) is 0 Å². The summed E-state index contributed by atoms with van der Waals surface area (Å²) in [5, 5.41) is 19.6. The molecule has 0 fully saturated rings. The minimum absolute atomic E-state index is 0.0472. The molecule has 16 heavy (non-hydrogen) atoms. The molecule has 0 aliphatic heterocycles. The molecule has 0 amide bonds. The van der Waals surface area contributed by atoms with Gasteiger partial charge in [-0.2, -0.15) is 0 Å². The molecule has 1 N–H and O–H groups in total. The van der Waals surface area contributed by atoms with Crippen molar-refractivity contribution in [2.45, 2.75) is 6.92 Å². The van der Waals surface area contributed by atoms with Crippen LogP contribution in [0.4, 0.5) is 5.69 Å². The first kappa shape index (κ1) is 12.3. The summed E-state index contributed by atoms with van der Waals surface area (Å²) in [6, 6.07) is 1.13. The number of carbonyl (C=O) groups is 2. The van der Waals surface area contributed by atoms with Gasteiger partial charge in [-0.3, -0.25) is 14.9 Å². The Labute approximate surface area is 98.2 Å². The number of carbonyl (C=O) groups excluding carboxylic acids is 1. The van der Waals surface area contributed by atoms with Crippen LogP contribution in [-0.2, 0) is 0 Å². The van der Waals surface area contributed by atoms with Crippen LogP contribution in [0.2, 0.25) is 0 Å². The molecule has 84 valence electrons. The van der Waals surface area contributed by atoms with E-state index in [-0.39, 0.29) is 26.9 Å². The molecule has 0 aliphatic rings. The zero-order valence-corrected chi connectivity index (χ0v) is 9.65. The second-order valence-electron chi connectivity index (χ2n) is 2.98. The van der Waals surface area contributed by atoms with Crippen LogP contribution < -0.4 is 0 Å². The number of nitro benzene ring substituents is 1. The number of benzene rings is 1. The highest BCUT2D eigenvalue weighted by molar-refractivity contribution is 9.10. The molecule has 6 nitrogen and oxygen atoms in total. The van der Waals surface area contributed by atoms with Crippen molar-refractivity contribution in [1.29, 1.82) is 0 Å². The van der Waals surface area contributed by atoms with Gasteiger partial charge in [-0.1, -0.05) is 0 Å². The average Bonchev–Trinajstić information content (AvgIpc) is 2.14. The Bertz CT molecular complexity index is 497. The Hall–Kier alpha value is -1.76. The number of nitrogens with zero attached hydrogens (tertiary/aromatic N) is 1. The first-order valence-electron chi connectivity index (χ1n) is 4.06. The molecule has 1 aromatic carbocycles. The number of carboxylic acids is 1. The summed E-state index contributed by atoms with van der Waals surface area (Å²) in [7, 11) is 0. The second kappa shape index (κ2) is 4.40. The number of rotatable bonds is 3. The lowest BCUT2D eigenvalue weighted by Gasteiger charge is -2.06. The van der Waals surface area contributed by atoms with Crippen LogP contribution >= 0.6 is 15.9 Å². The SMILES string of the molecule is Cc1c(C(=O)O)c(C=O)cc(Br)c1[N+](=O)[O-]. The van der Waals surface area contributed by atoms with E-state index in [0.29, 0.717) is 6.29 Å². The Morgan fingerprint density at radius 3 is 2.56 bits per heavy atom. The third kappa shape index (κ3) is 1.94. The van der Waals surface area contributed by atoms with Crippen molar-refractivity contribution in [2.75, 3.05) is 0 Å². The van der Waals surface area contributed by atoms with Crippen LogP contribution in [0.1, 0.15) is 26.3 Å². The lowest BCUT2D eigenvalue weighted by molar-refractivity contribution is -0.386. The van der Waals surface area contributed by atoms with Gasteiger partial charge in [-0.05, 0) is 28.9 Å². The molecule has 0 spiro atoms. The standard InChI is InChI=1S/C9H6BrNO5/c1-4-7(9(13)14)5(3-12)2-6(10)8(4)11(15)16/h2-3H,1H3,(H,13,14). The van der Waals surface area contributed by atoms with Crippen molar-refractivity contribution in [3.8, 4) is 0 Å². The van der Waals surface area contributed by atoms with Crippen molar-refractivity contribution in [1.82, 2.24) is 0 Å². The maximum Gasteiger partial charge on any atom is 0.336 e. The van der Waals surface area contributed by atoms with Crippen LogP contribution in [0, 0.1) is 17.0 Å². The zero-order valence-electron chi connectivity index (χ0n) is 8.06. The van der Waals surface area contributed by atoms with E-state index in [1.54, 1.807) is 0 Å². The van der Waals surface area contributed by atoms with E-state index in [9.17, 15) is 19.7 Å². The van der Waals surface area contributed by atoms with Gasteiger partial charge in [0.15, 0.2) is 6.29 Å².